The molecule has 166 valence electrons. The Morgan fingerprint density at radius 1 is 1.09 bits per heavy atom. The molecular formula is C25H21FN4O2S. The Kier molecular flexibility index (Phi) is 5.30. The molecule has 33 heavy (non-hydrogen) atoms. The first-order chi connectivity index (χ1) is 15.9. The van der Waals surface area contributed by atoms with Gasteiger partial charge in [-0.2, -0.15) is 4.98 Å². The van der Waals surface area contributed by atoms with E-state index in [1.54, 1.807) is 19.1 Å². The van der Waals surface area contributed by atoms with E-state index in [0.717, 1.165) is 16.0 Å². The number of amides is 2. The van der Waals surface area contributed by atoms with E-state index < -0.39 is 6.04 Å². The maximum absolute atomic E-state index is 14.3. The van der Waals surface area contributed by atoms with Gasteiger partial charge in [0.1, 0.15) is 5.82 Å². The fourth-order valence-corrected chi connectivity index (χ4v) is 4.55. The van der Waals surface area contributed by atoms with Crippen LogP contribution in [0.4, 0.5) is 14.9 Å². The number of carbonyl (C=O) groups is 1. The molecule has 0 radical (unpaired) electrons. The van der Waals surface area contributed by atoms with Crippen LogP contribution in [0.5, 0.6) is 0 Å². The van der Waals surface area contributed by atoms with Gasteiger partial charge >= 0.3 is 6.03 Å². The minimum atomic E-state index is -0.499. The summed E-state index contributed by atoms with van der Waals surface area (Å²) in [5, 5.41) is 9.14. The second-order valence-corrected chi connectivity index (χ2v) is 8.91. The number of rotatable bonds is 4. The van der Waals surface area contributed by atoms with Crippen LogP contribution in [0.25, 0.3) is 16.3 Å². The second-order valence-electron chi connectivity index (χ2n) is 7.96. The summed E-state index contributed by atoms with van der Waals surface area (Å²) in [6, 6.07) is 15.6. The summed E-state index contributed by atoms with van der Waals surface area (Å²) in [6.07, 6.45) is 0. The van der Waals surface area contributed by atoms with E-state index in [-0.39, 0.29) is 11.8 Å². The lowest BCUT2D eigenvalue weighted by atomic mass is 9.94. The van der Waals surface area contributed by atoms with Gasteiger partial charge in [0.25, 0.3) is 5.89 Å². The third-order valence-corrected chi connectivity index (χ3v) is 6.57. The number of anilines is 1. The molecule has 6 nitrogen and oxygen atoms in total. The van der Waals surface area contributed by atoms with Crippen molar-refractivity contribution >= 4 is 28.6 Å². The SMILES string of the molecule is CC1=C(c2nc(-c3cccs3)no2)C(c2ccc(C)cc2)NC(=O)N1c1ccc(C)c(F)c1. The molecule has 0 fully saturated rings. The second kappa shape index (κ2) is 8.29. The molecule has 8 heteroatoms. The number of allylic oxidation sites excluding steroid dienone is 1. The minimum Gasteiger partial charge on any atom is -0.334 e. The number of thiophene rings is 1. The van der Waals surface area contributed by atoms with Crippen molar-refractivity contribution in [1.82, 2.24) is 15.5 Å². The van der Waals surface area contributed by atoms with Crippen LogP contribution in [0, 0.1) is 19.7 Å². The first-order valence-electron chi connectivity index (χ1n) is 10.4. The molecule has 4 aromatic rings. The lowest BCUT2D eigenvalue weighted by molar-refractivity contribution is 0.244. The average molecular weight is 461 g/mol. The number of nitrogens with one attached hydrogen (secondary N) is 1. The monoisotopic (exact) mass is 460 g/mol. The molecule has 5 rings (SSSR count). The van der Waals surface area contributed by atoms with Crippen molar-refractivity contribution in [3.05, 3.63) is 94.1 Å². The largest absolute Gasteiger partial charge is 0.334 e. The molecular weight excluding hydrogens is 439 g/mol. The van der Waals surface area contributed by atoms with Gasteiger partial charge in [-0.05, 0) is 55.5 Å². The van der Waals surface area contributed by atoms with Gasteiger partial charge < -0.3 is 9.84 Å². The van der Waals surface area contributed by atoms with Gasteiger partial charge in [0.05, 0.1) is 22.2 Å². The number of aryl methyl sites for hydroxylation is 2. The predicted molar refractivity (Wildman–Crippen MR) is 126 cm³/mol. The molecule has 0 spiro atoms. The van der Waals surface area contributed by atoms with Gasteiger partial charge in [0, 0.05) is 5.70 Å². The normalized spacial score (nSPS) is 16.3. The van der Waals surface area contributed by atoms with Gasteiger partial charge in [-0.3, -0.25) is 4.90 Å². The Balaban J connectivity index is 1.67. The van der Waals surface area contributed by atoms with E-state index in [2.05, 4.69) is 15.5 Å². The molecule has 2 amide bonds. The molecule has 1 unspecified atom stereocenters. The summed E-state index contributed by atoms with van der Waals surface area (Å²) >= 11 is 1.51. The van der Waals surface area contributed by atoms with Gasteiger partial charge in [-0.25, -0.2) is 9.18 Å². The zero-order valence-corrected chi connectivity index (χ0v) is 19.1. The van der Waals surface area contributed by atoms with E-state index in [1.165, 1.54) is 22.3 Å². The van der Waals surface area contributed by atoms with Crippen LogP contribution in [0.2, 0.25) is 0 Å². The van der Waals surface area contributed by atoms with E-state index in [1.807, 2.05) is 55.6 Å². The summed E-state index contributed by atoms with van der Waals surface area (Å²) in [4.78, 5) is 20.2. The van der Waals surface area contributed by atoms with Gasteiger partial charge in [-0.1, -0.05) is 47.1 Å². The van der Waals surface area contributed by atoms with E-state index >= 15 is 0 Å². The molecule has 1 aliphatic rings. The van der Waals surface area contributed by atoms with E-state index in [9.17, 15) is 9.18 Å². The lowest BCUT2D eigenvalue weighted by Crippen LogP contribution is -2.46. The molecule has 1 aliphatic heterocycles. The van der Waals surface area contributed by atoms with E-state index in [0.29, 0.717) is 34.2 Å². The molecule has 1 N–H and O–H groups in total. The topological polar surface area (TPSA) is 71.3 Å². The minimum absolute atomic E-state index is 0.305. The number of aromatic nitrogens is 2. The molecule has 0 saturated carbocycles. The van der Waals surface area contributed by atoms with Crippen LogP contribution >= 0.6 is 11.3 Å². The van der Waals surface area contributed by atoms with Gasteiger partial charge in [0.2, 0.25) is 5.82 Å². The van der Waals surface area contributed by atoms with Gasteiger partial charge in [-0.15, -0.1) is 11.3 Å². The summed E-state index contributed by atoms with van der Waals surface area (Å²) in [6.45, 7) is 5.49. The van der Waals surface area contributed by atoms with Crippen LogP contribution in [0.15, 0.2) is 70.2 Å². The number of halogens is 1. The molecule has 2 aromatic carbocycles. The predicted octanol–water partition coefficient (Wildman–Crippen LogP) is 6.26. The van der Waals surface area contributed by atoms with Crippen molar-refractivity contribution in [1.29, 1.82) is 0 Å². The van der Waals surface area contributed by atoms with Crippen molar-refractivity contribution < 1.29 is 13.7 Å². The first kappa shape index (κ1) is 21.1. The maximum Gasteiger partial charge on any atom is 0.327 e. The Labute approximate surface area is 194 Å². The zero-order valence-electron chi connectivity index (χ0n) is 18.3. The molecule has 0 aliphatic carbocycles. The Bertz CT molecular complexity index is 1360. The number of benzene rings is 2. The number of hydrogen-bond donors (Lipinski definition) is 1. The van der Waals surface area contributed by atoms with Crippen molar-refractivity contribution in [2.75, 3.05) is 4.90 Å². The van der Waals surface area contributed by atoms with Crippen LogP contribution in [0.3, 0.4) is 0 Å². The summed E-state index contributed by atoms with van der Waals surface area (Å²) in [5.74, 6) is 0.403. The number of nitrogens with zero attached hydrogens (tertiary/aromatic N) is 3. The van der Waals surface area contributed by atoms with E-state index in [4.69, 9.17) is 4.52 Å². The highest BCUT2D eigenvalue weighted by Crippen LogP contribution is 2.39. The van der Waals surface area contributed by atoms with Crippen LogP contribution < -0.4 is 10.2 Å². The fraction of sp³-hybridized carbons (Fsp3) is 0.160. The molecule has 0 saturated heterocycles. The molecule has 2 aromatic heterocycles. The standard InChI is InChI=1S/C25H21FN4O2S/c1-14-6-9-17(10-7-14)22-21(24-28-23(29-32-24)20-5-4-12-33-20)16(3)30(25(31)27-22)18-11-8-15(2)19(26)13-18/h4-13,22H,1-3H3,(H,27,31). The Hall–Kier alpha value is -3.78. The van der Waals surface area contributed by atoms with Gasteiger partial charge in [0.15, 0.2) is 0 Å². The number of urea groups is 1. The molecule has 3 heterocycles. The summed E-state index contributed by atoms with van der Waals surface area (Å²) in [5.41, 5.74) is 4.18. The Morgan fingerprint density at radius 3 is 2.58 bits per heavy atom. The smallest absolute Gasteiger partial charge is 0.327 e. The highest BCUT2D eigenvalue weighted by molar-refractivity contribution is 7.13. The quantitative estimate of drug-likeness (QED) is 0.390. The van der Waals surface area contributed by atoms with Crippen molar-refractivity contribution in [3.63, 3.8) is 0 Å². The third-order valence-electron chi connectivity index (χ3n) is 5.71. The van der Waals surface area contributed by atoms with Crippen LogP contribution in [-0.2, 0) is 0 Å². The van der Waals surface area contributed by atoms with Crippen LogP contribution in [0.1, 0.15) is 35.5 Å². The molecule has 1 atom stereocenters. The first-order valence-corrected chi connectivity index (χ1v) is 11.3. The van der Waals surface area contributed by atoms with Crippen molar-refractivity contribution in [2.45, 2.75) is 26.8 Å². The maximum atomic E-state index is 14.3. The molecule has 0 bridgehead atoms. The Morgan fingerprint density at radius 2 is 1.88 bits per heavy atom. The number of carbonyl (C=O) groups excluding carboxylic acids is 1. The lowest BCUT2D eigenvalue weighted by Gasteiger charge is -2.35. The highest BCUT2D eigenvalue weighted by Gasteiger charge is 2.36. The summed E-state index contributed by atoms with van der Waals surface area (Å²) in [7, 11) is 0. The summed E-state index contributed by atoms with van der Waals surface area (Å²) < 4.78 is 20.0. The third kappa shape index (κ3) is 3.82. The fourth-order valence-electron chi connectivity index (χ4n) is 3.90. The highest BCUT2D eigenvalue weighted by atomic mass is 32.1. The van der Waals surface area contributed by atoms with Crippen LogP contribution in [-0.4, -0.2) is 16.2 Å². The van der Waals surface area contributed by atoms with Crippen molar-refractivity contribution in [3.8, 4) is 10.7 Å². The van der Waals surface area contributed by atoms with Crippen molar-refractivity contribution in [2.24, 2.45) is 0 Å². The average Bonchev–Trinajstić information content (AvgIpc) is 3.48. The number of hydrogen-bond acceptors (Lipinski definition) is 5. The zero-order chi connectivity index (χ0) is 23.1.